The van der Waals surface area contributed by atoms with Crippen molar-refractivity contribution in [2.75, 3.05) is 52.3 Å². The third-order valence-electron chi connectivity index (χ3n) is 4.23. The maximum atomic E-state index is 11.8. The first-order valence-electron chi connectivity index (χ1n) is 8.45. The fraction of sp³-hybridized carbons (Fsp3) is 0.706. The molecule has 0 amide bonds. The van der Waals surface area contributed by atoms with E-state index in [0.717, 1.165) is 43.2 Å². The van der Waals surface area contributed by atoms with Crippen LogP contribution >= 0.6 is 11.8 Å². The molecule has 2 aliphatic rings. The van der Waals surface area contributed by atoms with Crippen LogP contribution in [0.1, 0.15) is 20.3 Å². The van der Waals surface area contributed by atoms with Crippen LogP contribution in [-0.2, 0) is 14.3 Å². The minimum atomic E-state index is -0.826. The highest BCUT2D eigenvalue weighted by Gasteiger charge is 2.35. The van der Waals surface area contributed by atoms with Gasteiger partial charge < -0.3 is 24.4 Å². The lowest BCUT2D eigenvalue weighted by molar-refractivity contribution is -0.133. The number of aliphatic carboxylic acids is 1. The van der Waals surface area contributed by atoms with Crippen LogP contribution in [-0.4, -0.2) is 78.6 Å². The quantitative estimate of drug-likeness (QED) is 0.667. The molecule has 0 saturated carbocycles. The van der Waals surface area contributed by atoms with Gasteiger partial charge in [-0.05, 0) is 30.7 Å². The standard InChI is InChI=1S/C17H28N2O4S/c1-4-24-16-15(17(20)21)13(2)12-14(18-7-10-23-11-8-18)19(16)6-5-9-22-3/h12,16H,4-11H2,1-3H3,(H,20,21). The van der Waals surface area contributed by atoms with E-state index in [1.807, 2.05) is 13.0 Å². The van der Waals surface area contributed by atoms with E-state index in [1.54, 1.807) is 18.9 Å². The first-order chi connectivity index (χ1) is 11.6. The van der Waals surface area contributed by atoms with Crippen LogP contribution in [0, 0.1) is 0 Å². The molecule has 1 fully saturated rings. The molecule has 24 heavy (non-hydrogen) atoms. The Morgan fingerprint density at radius 2 is 2.17 bits per heavy atom. The van der Waals surface area contributed by atoms with Crippen molar-refractivity contribution in [1.29, 1.82) is 0 Å². The normalized spacial score (nSPS) is 22.0. The summed E-state index contributed by atoms with van der Waals surface area (Å²) in [5, 5.41) is 9.55. The zero-order valence-electron chi connectivity index (χ0n) is 14.8. The lowest BCUT2D eigenvalue weighted by Gasteiger charge is -2.44. The predicted octanol–water partition coefficient (Wildman–Crippen LogP) is 1.99. The third-order valence-corrected chi connectivity index (χ3v) is 5.37. The average Bonchev–Trinajstić information content (AvgIpc) is 2.57. The number of hydrogen-bond acceptors (Lipinski definition) is 6. The molecule has 7 heteroatoms. The molecule has 1 unspecified atom stereocenters. The van der Waals surface area contributed by atoms with Gasteiger partial charge in [0.1, 0.15) is 11.2 Å². The molecule has 0 bridgehead atoms. The van der Waals surface area contributed by atoms with E-state index in [2.05, 4.69) is 16.7 Å². The Morgan fingerprint density at radius 3 is 2.75 bits per heavy atom. The molecule has 1 N–H and O–H groups in total. The molecule has 136 valence electrons. The summed E-state index contributed by atoms with van der Waals surface area (Å²) in [6.07, 6.45) is 2.89. The first kappa shape index (κ1) is 19.1. The minimum absolute atomic E-state index is 0.160. The van der Waals surface area contributed by atoms with E-state index in [4.69, 9.17) is 9.47 Å². The van der Waals surface area contributed by atoms with Crippen molar-refractivity contribution in [3.63, 3.8) is 0 Å². The Kier molecular flexibility index (Phi) is 7.45. The number of ether oxygens (including phenoxy) is 2. The molecule has 0 radical (unpaired) electrons. The molecule has 0 aliphatic carbocycles. The van der Waals surface area contributed by atoms with Crippen molar-refractivity contribution in [3.05, 3.63) is 23.0 Å². The minimum Gasteiger partial charge on any atom is -0.478 e. The maximum absolute atomic E-state index is 11.8. The molecule has 2 heterocycles. The van der Waals surface area contributed by atoms with Gasteiger partial charge in [-0.2, -0.15) is 0 Å². The lowest BCUT2D eigenvalue weighted by Crippen LogP contribution is -2.48. The van der Waals surface area contributed by atoms with Gasteiger partial charge in [-0.25, -0.2) is 4.79 Å². The van der Waals surface area contributed by atoms with Gasteiger partial charge >= 0.3 is 5.97 Å². The van der Waals surface area contributed by atoms with Crippen LogP contribution in [0.5, 0.6) is 0 Å². The lowest BCUT2D eigenvalue weighted by atomic mass is 10.0. The van der Waals surface area contributed by atoms with Crippen molar-refractivity contribution < 1.29 is 19.4 Å². The van der Waals surface area contributed by atoms with Gasteiger partial charge in [-0.1, -0.05) is 6.92 Å². The van der Waals surface area contributed by atoms with E-state index in [0.29, 0.717) is 25.4 Å². The molecule has 2 rings (SSSR count). The van der Waals surface area contributed by atoms with Crippen LogP contribution in [0.25, 0.3) is 0 Å². The Labute approximate surface area is 148 Å². The number of thioether (sulfide) groups is 1. The Bertz CT molecular complexity index is 501. The van der Waals surface area contributed by atoms with Gasteiger partial charge in [0.15, 0.2) is 0 Å². The summed E-state index contributed by atoms with van der Waals surface area (Å²) in [4.78, 5) is 16.4. The Balaban J connectivity index is 2.34. The van der Waals surface area contributed by atoms with Gasteiger partial charge in [0.05, 0.1) is 18.8 Å². The summed E-state index contributed by atoms with van der Waals surface area (Å²) in [6, 6.07) is 0. The molecule has 1 saturated heterocycles. The number of carboxylic acid groups (broad SMARTS) is 1. The number of methoxy groups -OCH3 is 1. The molecular weight excluding hydrogens is 328 g/mol. The second kappa shape index (κ2) is 9.34. The number of rotatable bonds is 8. The van der Waals surface area contributed by atoms with Crippen molar-refractivity contribution in [2.24, 2.45) is 0 Å². The Morgan fingerprint density at radius 1 is 1.46 bits per heavy atom. The SMILES string of the molecule is CCSC1C(C(=O)O)=C(C)C=C(N2CCOCC2)N1CCCOC. The highest BCUT2D eigenvalue weighted by atomic mass is 32.2. The number of hydrogen-bond donors (Lipinski definition) is 1. The summed E-state index contributed by atoms with van der Waals surface area (Å²) in [5.41, 5.74) is 1.34. The fourth-order valence-corrected chi connectivity index (χ4v) is 4.27. The average molecular weight is 356 g/mol. The number of carbonyl (C=O) groups is 1. The van der Waals surface area contributed by atoms with Crippen molar-refractivity contribution in [3.8, 4) is 0 Å². The van der Waals surface area contributed by atoms with Gasteiger partial charge in [-0.15, -0.1) is 11.8 Å². The van der Waals surface area contributed by atoms with E-state index in [-0.39, 0.29) is 5.37 Å². The van der Waals surface area contributed by atoms with Crippen LogP contribution < -0.4 is 0 Å². The molecular formula is C17H28N2O4S. The van der Waals surface area contributed by atoms with E-state index < -0.39 is 5.97 Å². The molecule has 1 atom stereocenters. The van der Waals surface area contributed by atoms with Crippen molar-refractivity contribution in [2.45, 2.75) is 25.6 Å². The fourth-order valence-electron chi connectivity index (χ4n) is 3.11. The van der Waals surface area contributed by atoms with Gasteiger partial charge in [-0.3, -0.25) is 0 Å². The first-order valence-corrected chi connectivity index (χ1v) is 9.50. The van der Waals surface area contributed by atoms with Gasteiger partial charge in [0.2, 0.25) is 0 Å². The zero-order chi connectivity index (χ0) is 17.5. The number of morpholine rings is 1. The van der Waals surface area contributed by atoms with E-state index >= 15 is 0 Å². The number of nitrogens with zero attached hydrogens (tertiary/aromatic N) is 2. The predicted molar refractivity (Wildman–Crippen MR) is 95.9 cm³/mol. The molecule has 6 nitrogen and oxygen atoms in total. The van der Waals surface area contributed by atoms with Crippen LogP contribution in [0.2, 0.25) is 0 Å². The summed E-state index contributed by atoms with van der Waals surface area (Å²) < 4.78 is 10.7. The summed E-state index contributed by atoms with van der Waals surface area (Å²) >= 11 is 1.67. The second-order valence-electron chi connectivity index (χ2n) is 5.85. The van der Waals surface area contributed by atoms with E-state index in [9.17, 15) is 9.90 Å². The topological polar surface area (TPSA) is 62.2 Å². The number of carboxylic acids is 1. The van der Waals surface area contributed by atoms with Crippen molar-refractivity contribution >= 4 is 17.7 Å². The van der Waals surface area contributed by atoms with Crippen LogP contribution in [0.3, 0.4) is 0 Å². The molecule has 0 aromatic rings. The van der Waals surface area contributed by atoms with Crippen molar-refractivity contribution in [1.82, 2.24) is 9.80 Å². The van der Waals surface area contributed by atoms with Gasteiger partial charge in [0.25, 0.3) is 0 Å². The maximum Gasteiger partial charge on any atom is 0.334 e. The highest BCUT2D eigenvalue weighted by molar-refractivity contribution is 8.00. The van der Waals surface area contributed by atoms with Gasteiger partial charge in [0, 0.05) is 33.4 Å². The molecule has 0 aromatic carbocycles. The highest BCUT2D eigenvalue weighted by Crippen LogP contribution is 2.35. The molecule has 0 aromatic heterocycles. The van der Waals surface area contributed by atoms with Crippen LogP contribution in [0.15, 0.2) is 23.0 Å². The summed E-state index contributed by atoms with van der Waals surface area (Å²) in [5.74, 6) is 1.15. The number of allylic oxidation sites excluding steroid dienone is 2. The van der Waals surface area contributed by atoms with Crippen LogP contribution in [0.4, 0.5) is 0 Å². The monoisotopic (exact) mass is 356 g/mol. The summed E-state index contributed by atoms with van der Waals surface area (Å²) in [6.45, 7) is 8.52. The Hall–Kier alpha value is -1.18. The van der Waals surface area contributed by atoms with E-state index in [1.165, 1.54) is 0 Å². The summed E-state index contributed by atoms with van der Waals surface area (Å²) in [7, 11) is 1.69. The largest absolute Gasteiger partial charge is 0.478 e. The third kappa shape index (κ3) is 4.46. The molecule has 0 spiro atoms. The second-order valence-corrected chi connectivity index (χ2v) is 7.21. The smallest absolute Gasteiger partial charge is 0.334 e. The molecule has 2 aliphatic heterocycles. The zero-order valence-corrected chi connectivity index (χ0v) is 15.6.